The lowest BCUT2D eigenvalue weighted by molar-refractivity contribution is 0.00185. The maximum absolute atomic E-state index is 15.5. The number of aryl methyl sites for hydroxylation is 1. The van der Waals surface area contributed by atoms with E-state index in [1.54, 1.807) is 31.3 Å². The van der Waals surface area contributed by atoms with E-state index in [0.29, 0.717) is 28.7 Å². The van der Waals surface area contributed by atoms with Crippen molar-refractivity contribution in [1.29, 1.82) is 0 Å². The average molecular weight is 466 g/mol. The number of phenolic OH excluding ortho intramolecular Hbond substituents is 1. The zero-order chi connectivity index (χ0) is 24.2. The predicted molar refractivity (Wildman–Crippen MR) is 126 cm³/mol. The van der Waals surface area contributed by atoms with Crippen LogP contribution in [-0.4, -0.2) is 72.6 Å². The van der Waals surface area contributed by atoms with Crippen molar-refractivity contribution in [3.63, 3.8) is 0 Å². The minimum Gasteiger partial charge on any atom is -0.507 e. The lowest BCUT2D eigenvalue weighted by Gasteiger charge is -2.49. The highest BCUT2D eigenvalue weighted by molar-refractivity contribution is 5.72. The summed E-state index contributed by atoms with van der Waals surface area (Å²) in [4.78, 5) is 23.9. The zero-order valence-corrected chi connectivity index (χ0v) is 19.7. The van der Waals surface area contributed by atoms with Crippen LogP contribution in [0.15, 0.2) is 41.5 Å². The first-order chi connectivity index (χ1) is 16.2. The third kappa shape index (κ3) is 3.53. The Balaban J connectivity index is 1.37. The molecule has 0 spiro atoms. The number of hydrogen-bond donors (Lipinski definition) is 1. The smallest absolute Gasteiger partial charge is 0.350 e. The van der Waals surface area contributed by atoms with Crippen LogP contribution < -0.4 is 10.6 Å². The number of phenols is 1. The number of piperidine rings is 1. The first-order valence-electron chi connectivity index (χ1n) is 11.4. The Morgan fingerprint density at radius 2 is 2.00 bits per heavy atom. The van der Waals surface area contributed by atoms with Gasteiger partial charge in [0.25, 0.3) is 0 Å². The first-order valence-corrected chi connectivity index (χ1v) is 11.4. The number of halogens is 1. The van der Waals surface area contributed by atoms with Crippen molar-refractivity contribution in [3.8, 4) is 28.4 Å². The fraction of sp³-hybridized carbons (Fsp3) is 0.458. The van der Waals surface area contributed by atoms with Gasteiger partial charge in [-0.1, -0.05) is 6.07 Å². The standard InChI is InChI=1S/C24H28FN7O2/c1-24-10-9-15(32(24)4)12-18(21(24)25)31(3)20-8-7-17(28-29-20)16-6-5-14(11-19(16)33)22-26-13-30(2)23(34)27-22/h5-8,11,13,15,18,21,33H,9-10,12H2,1-4H3/t15?,18-,21-,24+/m0/s1. The molecule has 0 aliphatic carbocycles. The molecular formula is C24H28FN7O2. The molecule has 3 aromatic rings. The summed E-state index contributed by atoms with van der Waals surface area (Å²) in [5.74, 6) is 0.795. The van der Waals surface area contributed by atoms with Crippen LogP contribution in [0.4, 0.5) is 10.2 Å². The fourth-order valence-corrected chi connectivity index (χ4v) is 5.26. The Kier molecular flexibility index (Phi) is 5.35. The molecule has 34 heavy (non-hydrogen) atoms. The molecular weight excluding hydrogens is 437 g/mol. The topological polar surface area (TPSA) is 100 Å². The van der Waals surface area contributed by atoms with E-state index in [9.17, 15) is 9.90 Å². The summed E-state index contributed by atoms with van der Waals surface area (Å²) in [6.07, 6.45) is 3.02. The summed E-state index contributed by atoms with van der Waals surface area (Å²) in [7, 11) is 5.46. The number of benzene rings is 1. The molecule has 2 bridgehead atoms. The summed E-state index contributed by atoms with van der Waals surface area (Å²) in [5, 5.41) is 19.2. The van der Waals surface area contributed by atoms with Crippen molar-refractivity contribution < 1.29 is 9.50 Å². The summed E-state index contributed by atoms with van der Waals surface area (Å²) < 4.78 is 16.8. The normalized spacial score (nSPS) is 26.6. The van der Waals surface area contributed by atoms with E-state index in [2.05, 4.69) is 25.1 Å². The van der Waals surface area contributed by atoms with Gasteiger partial charge >= 0.3 is 5.69 Å². The van der Waals surface area contributed by atoms with Gasteiger partial charge in [-0.15, -0.1) is 10.2 Å². The summed E-state index contributed by atoms with van der Waals surface area (Å²) in [5.41, 5.74) is 0.611. The largest absolute Gasteiger partial charge is 0.507 e. The highest BCUT2D eigenvalue weighted by Gasteiger charge is 2.55. The van der Waals surface area contributed by atoms with Crippen molar-refractivity contribution in [1.82, 2.24) is 29.6 Å². The van der Waals surface area contributed by atoms with Gasteiger partial charge in [0.1, 0.15) is 18.2 Å². The van der Waals surface area contributed by atoms with E-state index in [4.69, 9.17) is 0 Å². The van der Waals surface area contributed by atoms with Gasteiger partial charge in [0.15, 0.2) is 11.6 Å². The summed E-state index contributed by atoms with van der Waals surface area (Å²) >= 11 is 0. The number of rotatable bonds is 4. The van der Waals surface area contributed by atoms with Crippen molar-refractivity contribution >= 4 is 5.82 Å². The molecule has 0 radical (unpaired) electrons. The monoisotopic (exact) mass is 465 g/mol. The Morgan fingerprint density at radius 3 is 2.68 bits per heavy atom. The van der Waals surface area contributed by atoms with E-state index in [1.165, 1.54) is 17.0 Å². The van der Waals surface area contributed by atoms with Gasteiger partial charge in [-0.3, -0.25) is 9.47 Å². The van der Waals surface area contributed by atoms with E-state index < -0.39 is 17.4 Å². The van der Waals surface area contributed by atoms with Gasteiger partial charge in [0, 0.05) is 31.3 Å². The van der Waals surface area contributed by atoms with Crippen LogP contribution in [0, 0.1) is 0 Å². The van der Waals surface area contributed by atoms with Crippen LogP contribution in [-0.2, 0) is 7.05 Å². The van der Waals surface area contributed by atoms with Gasteiger partial charge in [-0.2, -0.15) is 4.98 Å². The van der Waals surface area contributed by atoms with Crippen molar-refractivity contribution in [3.05, 3.63) is 47.1 Å². The summed E-state index contributed by atoms with van der Waals surface area (Å²) in [6.45, 7) is 2.01. The average Bonchev–Trinajstić information content (AvgIpc) is 3.04. The minimum atomic E-state index is -0.989. The van der Waals surface area contributed by atoms with E-state index in [-0.39, 0.29) is 17.6 Å². The zero-order valence-electron chi connectivity index (χ0n) is 19.7. The molecule has 2 fully saturated rings. The van der Waals surface area contributed by atoms with E-state index in [0.717, 1.165) is 19.3 Å². The predicted octanol–water partition coefficient (Wildman–Crippen LogP) is 2.40. The van der Waals surface area contributed by atoms with Gasteiger partial charge in [-0.05, 0) is 57.5 Å². The number of nitrogens with zero attached hydrogens (tertiary/aromatic N) is 7. The van der Waals surface area contributed by atoms with E-state index >= 15 is 4.39 Å². The van der Waals surface area contributed by atoms with Crippen molar-refractivity contribution in [2.24, 2.45) is 7.05 Å². The number of anilines is 1. The second-order valence-corrected chi connectivity index (χ2v) is 9.56. The maximum Gasteiger partial charge on any atom is 0.350 e. The highest BCUT2D eigenvalue weighted by atomic mass is 19.1. The lowest BCUT2D eigenvalue weighted by atomic mass is 9.84. The molecule has 0 saturated carbocycles. The molecule has 1 N–H and O–H groups in total. The Morgan fingerprint density at radius 1 is 1.21 bits per heavy atom. The SMILES string of the molecule is CN(c1ccc(-c2ccc(-c3ncn(C)c(=O)n3)cc2O)nn1)[C@H]1CC2CC[C@](C)([C@H]1F)N2C. The maximum atomic E-state index is 15.5. The van der Waals surface area contributed by atoms with Crippen LogP contribution in [0.25, 0.3) is 22.6 Å². The van der Waals surface area contributed by atoms with Crippen molar-refractivity contribution in [2.75, 3.05) is 19.0 Å². The van der Waals surface area contributed by atoms with Gasteiger partial charge in [-0.25, -0.2) is 14.2 Å². The van der Waals surface area contributed by atoms with Gasteiger partial charge in [0.05, 0.1) is 17.3 Å². The number of fused-ring (bicyclic) bond motifs is 2. The van der Waals surface area contributed by atoms with Crippen molar-refractivity contribution in [2.45, 2.75) is 50.0 Å². The van der Waals surface area contributed by atoms with Crippen LogP contribution in [0.3, 0.4) is 0 Å². The fourth-order valence-electron chi connectivity index (χ4n) is 5.26. The summed E-state index contributed by atoms with van der Waals surface area (Å²) in [6, 6.07) is 8.57. The molecule has 2 aliphatic heterocycles. The minimum absolute atomic E-state index is 0.0270. The molecule has 4 atom stereocenters. The van der Waals surface area contributed by atoms with Gasteiger partial charge in [0.2, 0.25) is 0 Å². The Labute approximate surface area is 196 Å². The second-order valence-electron chi connectivity index (χ2n) is 9.56. The van der Waals surface area contributed by atoms with Gasteiger partial charge < -0.3 is 10.0 Å². The molecule has 2 aromatic heterocycles. The molecule has 10 heteroatoms. The third-order valence-corrected chi connectivity index (χ3v) is 7.68. The third-order valence-electron chi connectivity index (χ3n) is 7.68. The number of hydrogen-bond acceptors (Lipinski definition) is 8. The molecule has 1 aromatic carbocycles. The second kappa shape index (κ2) is 8.12. The molecule has 178 valence electrons. The molecule has 4 heterocycles. The number of aromatic nitrogens is 5. The molecule has 5 rings (SSSR count). The highest BCUT2D eigenvalue weighted by Crippen LogP contribution is 2.46. The molecule has 9 nitrogen and oxygen atoms in total. The Bertz CT molecular complexity index is 1280. The first kappa shape index (κ1) is 22.4. The number of aromatic hydroxyl groups is 1. The lowest BCUT2D eigenvalue weighted by Crippen LogP contribution is -2.62. The molecule has 1 unspecified atom stereocenters. The number of alkyl halides is 1. The molecule has 2 saturated heterocycles. The van der Waals surface area contributed by atoms with Crippen LogP contribution in [0.2, 0.25) is 0 Å². The molecule has 2 aliphatic rings. The quantitative estimate of drug-likeness (QED) is 0.627. The van der Waals surface area contributed by atoms with Crippen LogP contribution >= 0.6 is 0 Å². The van der Waals surface area contributed by atoms with E-state index in [1.807, 2.05) is 25.9 Å². The Hall–Kier alpha value is -3.40. The van der Waals surface area contributed by atoms with Crippen LogP contribution in [0.5, 0.6) is 5.75 Å². The molecule has 0 amide bonds. The van der Waals surface area contributed by atoms with Crippen LogP contribution in [0.1, 0.15) is 26.2 Å².